The van der Waals surface area contributed by atoms with Crippen LogP contribution in [0.25, 0.3) is 17.1 Å². The number of furan rings is 1. The molecule has 0 saturated carbocycles. The van der Waals surface area contributed by atoms with Gasteiger partial charge in [-0.25, -0.2) is 4.68 Å². The first-order chi connectivity index (χ1) is 16.0. The van der Waals surface area contributed by atoms with Crippen molar-refractivity contribution in [2.45, 2.75) is 6.42 Å². The van der Waals surface area contributed by atoms with Crippen LogP contribution in [0.15, 0.2) is 77.4 Å². The molecule has 8 nitrogen and oxygen atoms in total. The van der Waals surface area contributed by atoms with Gasteiger partial charge in [0.05, 0.1) is 12.0 Å². The number of aromatic hydroxyl groups is 1. The van der Waals surface area contributed by atoms with Gasteiger partial charge in [0.15, 0.2) is 11.5 Å². The molecule has 9 heteroatoms. The van der Waals surface area contributed by atoms with Gasteiger partial charge in [0.25, 0.3) is 11.8 Å². The van der Waals surface area contributed by atoms with Crippen molar-refractivity contribution < 1.29 is 19.1 Å². The highest BCUT2D eigenvalue weighted by atomic mass is 35.5. The number of carbonyl (C=O) groups excluding carboxylic acids is 2. The Morgan fingerprint density at radius 3 is 2.48 bits per heavy atom. The summed E-state index contributed by atoms with van der Waals surface area (Å²) in [7, 11) is 0. The summed E-state index contributed by atoms with van der Waals surface area (Å²) in [6.45, 7) is 0.711. The number of hydrogen-bond donors (Lipinski definition) is 3. The zero-order chi connectivity index (χ0) is 23.2. The summed E-state index contributed by atoms with van der Waals surface area (Å²) in [6, 6.07) is 18.4. The van der Waals surface area contributed by atoms with Gasteiger partial charge in [-0.2, -0.15) is 5.10 Å². The van der Waals surface area contributed by atoms with E-state index in [1.807, 2.05) is 6.07 Å². The number of amides is 2. The summed E-state index contributed by atoms with van der Waals surface area (Å²) in [5, 5.41) is 20.0. The minimum Gasteiger partial charge on any atom is -0.508 e. The SMILES string of the molecule is O=C(NCCCNC(=O)c1cc(-c2ccco2)n(-c2cccc(Cl)c2)n1)c1cccc(O)c1. The van der Waals surface area contributed by atoms with Crippen molar-refractivity contribution in [2.75, 3.05) is 13.1 Å². The highest BCUT2D eigenvalue weighted by Gasteiger charge is 2.18. The molecule has 168 valence electrons. The lowest BCUT2D eigenvalue weighted by Gasteiger charge is -2.07. The maximum absolute atomic E-state index is 12.7. The van der Waals surface area contributed by atoms with Gasteiger partial charge in [0.2, 0.25) is 0 Å². The summed E-state index contributed by atoms with van der Waals surface area (Å²) >= 11 is 6.12. The second-order valence-corrected chi connectivity index (χ2v) is 7.64. The van der Waals surface area contributed by atoms with Crippen LogP contribution >= 0.6 is 11.6 Å². The summed E-state index contributed by atoms with van der Waals surface area (Å²) in [5.41, 5.74) is 1.91. The van der Waals surface area contributed by atoms with Crippen LogP contribution in [-0.4, -0.2) is 39.8 Å². The van der Waals surface area contributed by atoms with Crippen LogP contribution in [0.3, 0.4) is 0 Å². The Bertz CT molecular complexity index is 1270. The number of nitrogens with zero attached hydrogens (tertiary/aromatic N) is 2. The molecule has 0 aliphatic heterocycles. The first kappa shape index (κ1) is 22.2. The Hall–Kier alpha value is -4.04. The molecule has 0 bridgehead atoms. The Morgan fingerprint density at radius 1 is 0.970 bits per heavy atom. The van der Waals surface area contributed by atoms with Crippen LogP contribution in [0, 0.1) is 0 Å². The number of phenols is 1. The molecule has 0 spiro atoms. The maximum atomic E-state index is 12.7. The summed E-state index contributed by atoms with van der Waals surface area (Å²) in [5.74, 6) is -0.0410. The van der Waals surface area contributed by atoms with E-state index < -0.39 is 0 Å². The number of carbonyl (C=O) groups is 2. The Morgan fingerprint density at radius 2 is 1.76 bits per heavy atom. The second-order valence-electron chi connectivity index (χ2n) is 7.20. The summed E-state index contributed by atoms with van der Waals surface area (Å²) < 4.78 is 7.11. The van der Waals surface area contributed by atoms with E-state index in [0.29, 0.717) is 47.2 Å². The molecule has 2 amide bonds. The molecule has 0 atom stereocenters. The molecule has 4 rings (SSSR count). The highest BCUT2D eigenvalue weighted by Crippen LogP contribution is 2.25. The molecule has 0 aliphatic rings. The van der Waals surface area contributed by atoms with Crippen molar-refractivity contribution in [3.05, 3.63) is 89.3 Å². The van der Waals surface area contributed by atoms with Gasteiger partial charge in [-0.05, 0) is 55.0 Å². The van der Waals surface area contributed by atoms with Crippen molar-refractivity contribution in [3.63, 3.8) is 0 Å². The molecule has 2 heterocycles. The monoisotopic (exact) mass is 464 g/mol. The lowest BCUT2D eigenvalue weighted by atomic mass is 10.2. The van der Waals surface area contributed by atoms with Crippen molar-refractivity contribution >= 4 is 23.4 Å². The normalized spacial score (nSPS) is 10.7. The molecule has 0 fully saturated rings. The average molecular weight is 465 g/mol. The minimum atomic E-state index is -0.345. The molecule has 4 aromatic rings. The van der Waals surface area contributed by atoms with E-state index >= 15 is 0 Å². The fraction of sp³-hybridized carbons (Fsp3) is 0.125. The Kier molecular flexibility index (Phi) is 6.75. The van der Waals surface area contributed by atoms with Crippen molar-refractivity contribution in [1.29, 1.82) is 0 Å². The third-order valence-corrected chi connectivity index (χ3v) is 5.04. The van der Waals surface area contributed by atoms with Gasteiger partial charge in [-0.15, -0.1) is 0 Å². The van der Waals surface area contributed by atoms with Gasteiger partial charge in [-0.1, -0.05) is 23.7 Å². The van der Waals surface area contributed by atoms with Gasteiger partial charge >= 0.3 is 0 Å². The van der Waals surface area contributed by atoms with Crippen LogP contribution in [0.2, 0.25) is 5.02 Å². The minimum absolute atomic E-state index is 0.0287. The van der Waals surface area contributed by atoms with E-state index in [4.69, 9.17) is 16.0 Å². The fourth-order valence-electron chi connectivity index (χ4n) is 3.23. The predicted molar refractivity (Wildman–Crippen MR) is 124 cm³/mol. The fourth-order valence-corrected chi connectivity index (χ4v) is 3.41. The first-order valence-electron chi connectivity index (χ1n) is 10.3. The van der Waals surface area contributed by atoms with Crippen molar-refractivity contribution in [1.82, 2.24) is 20.4 Å². The number of hydrogen-bond acceptors (Lipinski definition) is 5. The molecule has 0 saturated heterocycles. The van der Waals surface area contributed by atoms with Crippen molar-refractivity contribution in [3.8, 4) is 22.9 Å². The zero-order valence-corrected chi connectivity index (χ0v) is 18.2. The van der Waals surface area contributed by atoms with Crippen LogP contribution in [0.5, 0.6) is 5.75 Å². The maximum Gasteiger partial charge on any atom is 0.271 e. The zero-order valence-electron chi connectivity index (χ0n) is 17.5. The number of halogens is 1. The van der Waals surface area contributed by atoms with Gasteiger partial charge in [0.1, 0.15) is 11.4 Å². The number of phenolic OH excluding ortho intramolecular Hbond substituents is 1. The van der Waals surface area contributed by atoms with E-state index in [-0.39, 0.29) is 23.3 Å². The lowest BCUT2D eigenvalue weighted by Crippen LogP contribution is -2.30. The second kappa shape index (κ2) is 10.1. The molecule has 0 radical (unpaired) electrons. The van der Waals surface area contributed by atoms with E-state index in [1.165, 1.54) is 12.1 Å². The lowest BCUT2D eigenvalue weighted by molar-refractivity contribution is 0.0947. The predicted octanol–water partition coefficient (Wildman–Crippen LogP) is 4.04. The van der Waals surface area contributed by atoms with E-state index in [9.17, 15) is 14.7 Å². The first-order valence-corrected chi connectivity index (χ1v) is 10.6. The van der Waals surface area contributed by atoms with E-state index in [2.05, 4.69) is 15.7 Å². The average Bonchev–Trinajstić information content (AvgIpc) is 3.48. The van der Waals surface area contributed by atoms with E-state index in [0.717, 1.165) is 0 Å². The summed E-state index contributed by atoms with van der Waals surface area (Å²) in [6.07, 6.45) is 2.08. The Balaban J connectivity index is 1.37. The van der Waals surface area contributed by atoms with Gasteiger partial charge in [0, 0.05) is 29.7 Å². The van der Waals surface area contributed by atoms with Crippen LogP contribution in [-0.2, 0) is 0 Å². The molecule has 0 aliphatic carbocycles. The molecule has 3 N–H and O–H groups in total. The van der Waals surface area contributed by atoms with Crippen LogP contribution in [0.4, 0.5) is 0 Å². The smallest absolute Gasteiger partial charge is 0.271 e. The molecule has 2 aromatic heterocycles. The van der Waals surface area contributed by atoms with Crippen LogP contribution < -0.4 is 10.6 Å². The molecular weight excluding hydrogens is 444 g/mol. The standard InChI is InChI=1S/C24H21ClN4O4/c25-17-6-2-7-18(14-17)29-21(22-9-3-12-33-22)15-20(28-29)24(32)27-11-4-10-26-23(31)16-5-1-8-19(30)13-16/h1-3,5-9,12-15,30H,4,10-11H2,(H,26,31)(H,27,32). The third-order valence-electron chi connectivity index (χ3n) is 4.80. The van der Waals surface area contributed by atoms with E-state index in [1.54, 1.807) is 59.5 Å². The van der Waals surface area contributed by atoms with Gasteiger partial charge in [-0.3, -0.25) is 9.59 Å². The number of aromatic nitrogens is 2. The van der Waals surface area contributed by atoms with Crippen LogP contribution in [0.1, 0.15) is 27.3 Å². The van der Waals surface area contributed by atoms with Crippen molar-refractivity contribution in [2.24, 2.45) is 0 Å². The Labute approximate surface area is 194 Å². The number of nitrogens with one attached hydrogen (secondary N) is 2. The highest BCUT2D eigenvalue weighted by molar-refractivity contribution is 6.30. The molecule has 33 heavy (non-hydrogen) atoms. The topological polar surface area (TPSA) is 109 Å². The third kappa shape index (κ3) is 5.42. The molecule has 2 aromatic carbocycles. The molecule has 0 unspecified atom stereocenters. The number of rotatable bonds is 8. The largest absolute Gasteiger partial charge is 0.508 e. The van der Waals surface area contributed by atoms with Gasteiger partial charge < -0.3 is 20.2 Å². The summed E-state index contributed by atoms with van der Waals surface area (Å²) in [4.78, 5) is 24.8. The quantitative estimate of drug-likeness (QED) is 0.341. The molecular formula is C24H21ClN4O4. The number of benzene rings is 2.